The first kappa shape index (κ1) is 23.3. The number of amides is 1. The molecule has 0 aliphatic heterocycles. The van der Waals surface area contributed by atoms with Crippen LogP contribution >= 0.6 is 0 Å². The Morgan fingerprint density at radius 2 is 1.94 bits per heavy atom. The molecule has 0 radical (unpaired) electrons. The van der Waals surface area contributed by atoms with Crippen LogP contribution in [0.2, 0.25) is 0 Å². The van der Waals surface area contributed by atoms with Crippen molar-refractivity contribution in [2.75, 3.05) is 6.61 Å². The molecule has 1 amide bonds. The lowest BCUT2D eigenvalue weighted by Crippen LogP contribution is -2.30. The molecular weight excluding hydrogens is 432 g/mol. The Kier molecular flexibility index (Phi) is 6.82. The maximum Gasteiger partial charge on any atom is 0.316 e. The van der Waals surface area contributed by atoms with Gasteiger partial charge in [0.25, 0.3) is 0 Å². The smallest absolute Gasteiger partial charge is 0.316 e. The van der Waals surface area contributed by atoms with Gasteiger partial charge in [-0.25, -0.2) is 4.98 Å². The molecule has 0 spiro atoms. The molecule has 3 N–H and O–H groups in total. The van der Waals surface area contributed by atoms with Crippen molar-refractivity contribution in [2.45, 2.75) is 39.5 Å². The Bertz CT molecular complexity index is 1230. The van der Waals surface area contributed by atoms with E-state index in [4.69, 9.17) is 14.9 Å². The van der Waals surface area contributed by atoms with Crippen molar-refractivity contribution >= 4 is 17.4 Å². The van der Waals surface area contributed by atoms with Crippen LogP contribution < -0.4 is 10.5 Å². The second-order valence-corrected chi connectivity index (χ2v) is 8.53. The van der Waals surface area contributed by atoms with Gasteiger partial charge >= 0.3 is 5.97 Å². The number of allylic oxidation sites excluding steroid dienone is 2. The average Bonchev–Trinajstić information content (AvgIpc) is 3.18. The van der Waals surface area contributed by atoms with Gasteiger partial charge in [0.05, 0.1) is 12.3 Å². The Balaban J connectivity index is 1.45. The number of hydrogen-bond acceptors (Lipinski definition) is 5. The second-order valence-electron chi connectivity index (χ2n) is 8.53. The van der Waals surface area contributed by atoms with Crippen LogP contribution in [0.15, 0.2) is 53.0 Å². The number of nitrogens with zero attached hydrogens (tertiary/aromatic N) is 1. The zero-order valence-electron chi connectivity index (χ0n) is 19.3. The number of benzene rings is 2. The third-order valence-corrected chi connectivity index (χ3v) is 6.12. The van der Waals surface area contributed by atoms with Gasteiger partial charge in [0, 0.05) is 17.5 Å². The van der Waals surface area contributed by atoms with Crippen molar-refractivity contribution < 1.29 is 23.8 Å². The van der Waals surface area contributed by atoms with Gasteiger partial charge in [0.15, 0.2) is 0 Å². The summed E-state index contributed by atoms with van der Waals surface area (Å²) in [4.78, 5) is 27.7. The summed E-state index contributed by atoms with van der Waals surface area (Å²) in [6, 6.07) is 13.8. The van der Waals surface area contributed by atoms with Crippen molar-refractivity contribution in [3.05, 3.63) is 76.7 Å². The van der Waals surface area contributed by atoms with E-state index in [9.17, 15) is 14.7 Å². The molecule has 1 aliphatic rings. The highest BCUT2D eigenvalue weighted by atomic mass is 16.5. The van der Waals surface area contributed by atoms with Gasteiger partial charge in [-0.05, 0) is 62.4 Å². The average molecular weight is 461 g/mol. The number of nitrogens with two attached hydrogens (primary N) is 1. The van der Waals surface area contributed by atoms with Crippen LogP contribution in [0.4, 0.5) is 0 Å². The van der Waals surface area contributed by atoms with Crippen LogP contribution in [-0.4, -0.2) is 28.6 Å². The minimum absolute atomic E-state index is 0.0705. The highest BCUT2D eigenvalue weighted by Gasteiger charge is 2.27. The number of fused-ring (bicyclic) bond motifs is 1. The fourth-order valence-corrected chi connectivity index (χ4v) is 4.22. The predicted octanol–water partition coefficient (Wildman–Crippen LogP) is 4.49. The molecule has 0 bridgehead atoms. The quantitative estimate of drug-likeness (QED) is 0.455. The van der Waals surface area contributed by atoms with Crippen LogP contribution in [-0.2, 0) is 22.4 Å². The van der Waals surface area contributed by atoms with E-state index in [1.807, 2.05) is 62.4 Å². The normalized spacial score (nSPS) is 13.6. The van der Waals surface area contributed by atoms with E-state index in [0.29, 0.717) is 18.9 Å². The van der Waals surface area contributed by atoms with Gasteiger partial charge in [-0.2, -0.15) is 0 Å². The number of carbonyl (C=O) groups excluding carboxylic acids is 1. The Morgan fingerprint density at radius 3 is 2.65 bits per heavy atom. The summed E-state index contributed by atoms with van der Waals surface area (Å²) in [5.74, 6) is -1.16. The summed E-state index contributed by atoms with van der Waals surface area (Å²) in [7, 11) is 0. The van der Waals surface area contributed by atoms with Crippen LogP contribution in [0, 0.1) is 19.8 Å². The van der Waals surface area contributed by atoms with E-state index in [0.717, 1.165) is 52.3 Å². The number of aliphatic carboxylic acids is 1. The lowest BCUT2D eigenvalue weighted by atomic mass is 9.85. The van der Waals surface area contributed by atoms with Gasteiger partial charge in [0.2, 0.25) is 11.8 Å². The van der Waals surface area contributed by atoms with E-state index in [2.05, 4.69) is 4.98 Å². The molecule has 34 heavy (non-hydrogen) atoms. The van der Waals surface area contributed by atoms with Gasteiger partial charge in [0.1, 0.15) is 17.4 Å². The molecule has 1 unspecified atom stereocenters. The molecule has 1 atom stereocenters. The molecule has 1 aliphatic carbocycles. The van der Waals surface area contributed by atoms with Crippen molar-refractivity contribution in [1.82, 2.24) is 4.98 Å². The number of rotatable bonds is 9. The van der Waals surface area contributed by atoms with Crippen molar-refractivity contribution in [1.29, 1.82) is 0 Å². The third-order valence-electron chi connectivity index (χ3n) is 6.12. The highest BCUT2D eigenvalue weighted by molar-refractivity contribution is 5.98. The first-order chi connectivity index (χ1) is 16.3. The highest BCUT2D eigenvalue weighted by Crippen LogP contribution is 2.36. The van der Waals surface area contributed by atoms with Crippen LogP contribution in [0.5, 0.6) is 5.75 Å². The number of oxazole rings is 1. The lowest BCUT2D eigenvalue weighted by molar-refractivity contribution is -0.145. The van der Waals surface area contributed by atoms with Crippen molar-refractivity contribution in [2.24, 2.45) is 11.7 Å². The van der Waals surface area contributed by atoms with Gasteiger partial charge < -0.3 is 20.0 Å². The number of primary amides is 1. The molecule has 7 heteroatoms. The molecule has 1 heterocycles. The van der Waals surface area contributed by atoms with Crippen molar-refractivity contribution in [3.63, 3.8) is 0 Å². The first-order valence-corrected chi connectivity index (χ1v) is 11.3. The van der Waals surface area contributed by atoms with Crippen molar-refractivity contribution in [3.8, 4) is 17.2 Å². The van der Waals surface area contributed by atoms with Gasteiger partial charge in [-0.15, -0.1) is 0 Å². The maximum atomic E-state index is 11.6. The Morgan fingerprint density at radius 1 is 1.18 bits per heavy atom. The molecule has 176 valence electrons. The van der Waals surface area contributed by atoms with Crippen LogP contribution in [0.25, 0.3) is 17.0 Å². The summed E-state index contributed by atoms with van der Waals surface area (Å²) >= 11 is 0. The zero-order valence-corrected chi connectivity index (χ0v) is 19.3. The molecule has 0 saturated carbocycles. The first-order valence-electron chi connectivity index (χ1n) is 11.3. The van der Waals surface area contributed by atoms with E-state index in [1.54, 1.807) is 0 Å². The minimum Gasteiger partial charge on any atom is -0.493 e. The number of carboxylic acids is 1. The molecule has 0 saturated heterocycles. The summed E-state index contributed by atoms with van der Waals surface area (Å²) in [5, 5.41) is 9.34. The molecular formula is C27H28N2O5. The van der Waals surface area contributed by atoms with Crippen LogP contribution in [0.3, 0.4) is 0 Å². The molecule has 2 aromatic carbocycles. The SMILES string of the molecule is Cc1ccc(-c2nc(CCOc3cccc4c3CCC=C4CC(C(N)=O)C(=O)O)c(C)o2)cc1. The molecule has 4 rings (SSSR count). The van der Waals surface area contributed by atoms with Gasteiger partial charge in [-0.1, -0.05) is 35.9 Å². The topological polar surface area (TPSA) is 116 Å². The summed E-state index contributed by atoms with van der Waals surface area (Å²) < 4.78 is 12.0. The molecule has 3 aromatic rings. The number of ether oxygens (including phenoxy) is 1. The number of hydrogen-bond donors (Lipinski definition) is 2. The van der Waals surface area contributed by atoms with E-state index >= 15 is 0 Å². The number of carbonyl (C=O) groups is 2. The maximum absolute atomic E-state index is 11.6. The van der Waals surface area contributed by atoms with E-state index in [1.165, 1.54) is 5.56 Å². The number of aryl methyl sites for hydroxylation is 2. The Labute approximate surface area is 198 Å². The summed E-state index contributed by atoms with van der Waals surface area (Å²) in [6.45, 7) is 4.37. The second kappa shape index (κ2) is 9.95. The summed E-state index contributed by atoms with van der Waals surface area (Å²) in [5.41, 5.74) is 11.0. The standard InChI is InChI=1S/C27H28N2O5/c1-16-9-11-18(12-10-16)26-29-23(17(2)34-26)13-14-33-24-8-4-6-20-19(5-3-7-21(20)24)15-22(25(28)30)27(31)32/h4-6,8-12,22H,3,7,13-15H2,1-2H3,(H2,28,30)(H,31,32). The van der Waals surface area contributed by atoms with Gasteiger partial charge in [-0.3, -0.25) is 9.59 Å². The summed E-state index contributed by atoms with van der Waals surface area (Å²) in [6.07, 6.45) is 4.17. The predicted molar refractivity (Wildman–Crippen MR) is 128 cm³/mol. The van der Waals surface area contributed by atoms with E-state index in [-0.39, 0.29) is 6.42 Å². The number of carboxylic acid groups (broad SMARTS) is 1. The third kappa shape index (κ3) is 5.03. The monoisotopic (exact) mass is 460 g/mol. The number of aromatic nitrogens is 1. The lowest BCUT2D eigenvalue weighted by Gasteiger charge is -2.22. The molecule has 0 fully saturated rings. The van der Waals surface area contributed by atoms with E-state index < -0.39 is 17.8 Å². The molecule has 7 nitrogen and oxygen atoms in total. The largest absolute Gasteiger partial charge is 0.493 e. The fraction of sp³-hybridized carbons (Fsp3) is 0.296. The van der Waals surface area contributed by atoms with Crippen LogP contribution in [0.1, 0.15) is 41.0 Å². The Hall–Kier alpha value is -3.87. The zero-order chi connectivity index (χ0) is 24.2. The fourth-order valence-electron chi connectivity index (χ4n) is 4.22. The molecule has 1 aromatic heterocycles. The minimum atomic E-state index is -1.25.